The lowest BCUT2D eigenvalue weighted by atomic mass is 10.0. The zero-order valence-electron chi connectivity index (χ0n) is 12.6. The molecule has 0 aliphatic rings. The number of aryl methyl sites for hydroxylation is 1. The molecule has 1 unspecified atom stereocenters. The van der Waals surface area contributed by atoms with Gasteiger partial charge in [-0.15, -0.1) is 0 Å². The third-order valence-electron chi connectivity index (χ3n) is 3.24. The molecule has 0 aliphatic carbocycles. The number of carbonyl (C=O) groups excluding carboxylic acids is 1. The van der Waals surface area contributed by atoms with E-state index in [4.69, 9.17) is 4.74 Å². The number of nitrogens with one attached hydrogen (secondary N) is 1. The first-order valence-electron chi connectivity index (χ1n) is 7.19. The Balaban J connectivity index is 2.52. The average Bonchev–Trinajstić information content (AvgIpc) is 2.43. The van der Waals surface area contributed by atoms with E-state index in [2.05, 4.69) is 5.32 Å². The molecular formula is C16H25NO3. The monoisotopic (exact) mass is 279 g/mol. The minimum absolute atomic E-state index is 0.0288. The smallest absolute Gasteiger partial charge is 0.220 e. The van der Waals surface area contributed by atoms with Crippen molar-refractivity contribution in [3.8, 4) is 5.75 Å². The molecule has 20 heavy (non-hydrogen) atoms. The Bertz CT molecular complexity index is 418. The highest BCUT2D eigenvalue weighted by Gasteiger charge is 2.15. The van der Waals surface area contributed by atoms with Crippen LogP contribution in [0.2, 0.25) is 0 Å². The van der Waals surface area contributed by atoms with Crippen molar-refractivity contribution < 1.29 is 14.6 Å². The molecule has 0 radical (unpaired) electrons. The van der Waals surface area contributed by atoms with Crippen molar-refractivity contribution in [1.82, 2.24) is 5.32 Å². The van der Waals surface area contributed by atoms with Crippen molar-refractivity contribution in [2.45, 2.75) is 39.7 Å². The zero-order valence-corrected chi connectivity index (χ0v) is 12.6. The molecule has 2 N–H and O–H groups in total. The van der Waals surface area contributed by atoms with E-state index >= 15 is 0 Å². The molecule has 1 rings (SSSR count). The number of ether oxygens (including phenoxy) is 1. The van der Waals surface area contributed by atoms with Crippen LogP contribution in [-0.4, -0.2) is 30.3 Å². The topological polar surface area (TPSA) is 58.6 Å². The maximum atomic E-state index is 11.9. The van der Waals surface area contributed by atoms with E-state index in [-0.39, 0.29) is 24.5 Å². The van der Waals surface area contributed by atoms with Crippen LogP contribution in [0.3, 0.4) is 0 Å². The van der Waals surface area contributed by atoms with Crippen LogP contribution in [0.25, 0.3) is 0 Å². The SMILES string of the molecule is CCOc1ccccc1CCC(=O)NC(CO)C(C)C. The molecule has 0 fully saturated rings. The highest BCUT2D eigenvalue weighted by Crippen LogP contribution is 2.19. The normalized spacial score (nSPS) is 12.2. The van der Waals surface area contributed by atoms with Crippen molar-refractivity contribution in [1.29, 1.82) is 0 Å². The van der Waals surface area contributed by atoms with Gasteiger partial charge in [-0.3, -0.25) is 4.79 Å². The van der Waals surface area contributed by atoms with E-state index in [0.29, 0.717) is 19.4 Å². The lowest BCUT2D eigenvalue weighted by Gasteiger charge is -2.20. The molecule has 1 amide bonds. The van der Waals surface area contributed by atoms with Crippen molar-refractivity contribution in [2.75, 3.05) is 13.2 Å². The second-order valence-electron chi connectivity index (χ2n) is 5.14. The van der Waals surface area contributed by atoms with Gasteiger partial charge in [0.2, 0.25) is 5.91 Å². The maximum Gasteiger partial charge on any atom is 0.220 e. The molecular weight excluding hydrogens is 254 g/mol. The molecule has 1 atom stereocenters. The van der Waals surface area contributed by atoms with Crippen LogP contribution >= 0.6 is 0 Å². The molecule has 0 aliphatic heterocycles. The van der Waals surface area contributed by atoms with Crippen molar-refractivity contribution >= 4 is 5.91 Å². The summed E-state index contributed by atoms with van der Waals surface area (Å²) in [6.07, 6.45) is 1.03. The molecule has 112 valence electrons. The summed E-state index contributed by atoms with van der Waals surface area (Å²) in [5, 5.41) is 12.1. The summed E-state index contributed by atoms with van der Waals surface area (Å²) in [4.78, 5) is 11.9. The molecule has 4 nitrogen and oxygen atoms in total. The third-order valence-corrected chi connectivity index (χ3v) is 3.24. The van der Waals surface area contributed by atoms with E-state index in [0.717, 1.165) is 11.3 Å². The second kappa shape index (κ2) is 8.59. The van der Waals surface area contributed by atoms with E-state index in [1.54, 1.807) is 0 Å². The van der Waals surface area contributed by atoms with Crippen molar-refractivity contribution in [3.63, 3.8) is 0 Å². The lowest BCUT2D eigenvalue weighted by molar-refractivity contribution is -0.122. The van der Waals surface area contributed by atoms with E-state index in [1.165, 1.54) is 0 Å². The van der Waals surface area contributed by atoms with Gasteiger partial charge in [0.25, 0.3) is 0 Å². The number of aliphatic hydroxyl groups excluding tert-OH is 1. The molecule has 0 spiro atoms. The first-order chi connectivity index (χ1) is 9.58. The summed E-state index contributed by atoms with van der Waals surface area (Å²) in [5.41, 5.74) is 1.04. The van der Waals surface area contributed by atoms with Crippen molar-refractivity contribution in [2.24, 2.45) is 5.92 Å². The van der Waals surface area contributed by atoms with Gasteiger partial charge < -0.3 is 15.2 Å². The summed E-state index contributed by atoms with van der Waals surface area (Å²) in [5.74, 6) is 1.02. The van der Waals surface area contributed by atoms with Gasteiger partial charge >= 0.3 is 0 Å². The number of carbonyl (C=O) groups is 1. The Labute approximate surface area is 121 Å². The third kappa shape index (κ3) is 5.21. The minimum atomic E-state index is -0.176. The first-order valence-corrected chi connectivity index (χ1v) is 7.19. The van der Waals surface area contributed by atoms with E-state index in [9.17, 15) is 9.90 Å². The number of amides is 1. The Morgan fingerprint density at radius 1 is 1.35 bits per heavy atom. The zero-order chi connectivity index (χ0) is 15.0. The molecule has 0 saturated heterocycles. The van der Waals surface area contributed by atoms with Crippen molar-refractivity contribution in [3.05, 3.63) is 29.8 Å². The number of aliphatic hydroxyl groups is 1. The van der Waals surface area contributed by atoms with E-state index < -0.39 is 0 Å². The average molecular weight is 279 g/mol. The predicted octanol–water partition coefficient (Wildman–Crippen LogP) is 2.15. The summed E-state index contributed by atoms with van der Waals surface area (Å²) in [7, 11) is 0. The van der Waals surface area contributed by atoms with Gasteiger partial charge in [0, 0.05) is 6.42 Å². The van der Waals surface area contributed by atoms with Gasteiger partial charge in [-0.1, -0.05) is 32.0 Å². The molecule has 4 heteroatoms. The van der Waals surface area contributed by atoms with Crippen LogP contribution in [-0.2, 0) is 11.2 Å². The highest BCUT2D eigenvalue weighted by atomic mass is 16.5. The lowest BCUT2D eigenvalue weighted by Crippen LogP contribution is -2.41. The van der Waals surface area contributed by atoms with Crippen LogP contribution in [0.15, 0.2) is 24.3 Å². The van der Waals surface area contributed by atoms with E-state index in [1.807, 2.05) is 45.0 Å². The van der Waals surface area contributed by atoms with Crippen LogP contribution in [0.4, 0.5) is 0 Å². The van der Waals surface area contributed by atoms with Crippen LogP contribution in [0.1, 0.15) is 32.8 Å². The Hall–Kier alpha value is -1.55. The second-order valence-corrected chi connectivity index (χ2v) is 5.14. The Kier molecular flexibility index (Phi) is 7.09. The van der Waals surface area contributed by atoms with Crippen LogP contribution in [0, 0.1) is 5.92 Å². The van der Waals surface area contributed by atoms with Gasteiger partial charge in [-0.2, -0.15) is 0 Å². The molecule has 1 aromatic rings. The number of benzene rings is 1. The molecule has 0 aromatic heterocycles. The summed E-state index contributed by atoms with van der Waals surface area (Å²) >= 11 is 0. The molecule has 0 saturated carbocycles. The largest absolute Gasteiger partial charge is 0.494 e. The number of hydrogen-bond acceptors (Lipinski definition) is 3. The van der Waals surface area contributed by atoms with Gasteiger partial charge in [0.1, 0.15) is 5.75 Å². The fraction of sp³-hybridized carbons (Fsp3) is 0.562. The predicted molar refractivity (Wildman–Crippen MR) is 79.8 cm³/mol. The first kappa shape index (κ1) is 16.5. The quantitative estimate of drug-likeness (QED) is 0.766. The molecule has 0 bridgehead atoms. The van der Waals surface area contributed by atoms with Crippen LogP contribution < -0.4 is 10.1 Å². The minimum Gasteiger partial charge on any atom is -0.494 e. The number of hydrogen-bond donors (Lipinski definition) is 2. The summed E-state index contributed by atoms with van der Waals surface area (Å²) < 4.78 is 5.54. The van der Waals surface area contributed by atoms with Gasteiger partial charge in [0.05, 0.1) is 19.3 Å². The standard InChI is InChI=1S/C16H25NO3/c1-4-20-15-8-6-5-7-13(15)9-10-16(19)17-14(11-18)12(2)3/h5-8,12,14,18H,4,9-11H2,1-3H3,(H,17,19). The summed E-state index contributed by atoms with van der Waals surface area (Å²) in [6, 6.07) is 7.59. The Morgan fingerprint density at radius 3 is 2.65 bits per heavy atom. The van der Waals surface area contributed by atoms with Gasteiger partial charge in [-0.25, -0.2) is 0 Å². The molecule has 1 aromatic carbocycles. The number of para-hydroxylation sites is 1. The highest BCUT2D eigenvalue weighted by molar-refractivity contribution is 5.76. The fourth-order valence-electron chi connectivity index (χ4n) is 1.96. The van der Waals surface area contributed by atoms with Gasteiger partial charge in [0.15, 0.2) is 0 Å². The molecule has 0 heterocycles. The van der Waals surface area contributed by atoms with Gasteiger partial charge in [-0.05, 0) is 30.9 Å². The summed E-state index contributed by atoms with van der Waals surface area (Å²) in [6.45, 7) is 6.48. The fourth-order valence-corrected chi connectivity index (χ4v) is 1.96. The van der Waals surface area contributed by atoms with Crippen LogP contribution in [0.5, 0.6) is 5.75 Å². The number of rotatable bonds is 8. The Morgan fingerprint density at radius 2 is 2.05 bits per heavy atom. The maximum absolute atomic E-state index is 11.9.